The van der Waals surface area contributed by atoms with Crippen LogP contribution in [0, 0.1) is 5.92 Å². The van der Waals surface area contributed by atoms with Crippen molar-refractivity contribution in [2.24, 2.45) is 11.7 Å². The van der Waals surface area contributed by atoms with Gasteiger partial charge in [-0.3, -0.25) is 0 Å². The van der Waals surface area contributed by atoms with E-state index in [1.165, 1.54) is 5.56 Å². The van der Waals surface area contributed by atoms with E-state index < -0.39 is 0 Å². The predicted octanol–water partition coefficient (Wildman–Crippen LogP) is 1.85. The molecule has 0 fully saturated rings. The van der Waals surface area contributed by atoms with E-state index in [1.807, 2.05) is 18.2 Å². The van der Waals surface area contributed by atoms with Crippen molar-refractivity contribution >= 4 is 0 Å². The highest BCUT2D eigenvalue weighted by molar-refractivity contribution is 5.33. The standard InChI is InChI=1S/C13H21NO2/c1-11(10-14)9-12-5-3-4-6-13(12)16-8-7-15-2/h3-6,11H,7-10,14H2,1-2H3. The van der Waals surface area contributed by atoms with Crippen LogP contribution in [0.2, 0.25) is 0 Å². The van der Waals surface area contributed by atoms with Gasteiger partial charge in [0.05, 0.1) is 6.61 Å². The van der Waals surface area contributed by atoms with Crippen molar-refractivity contribution in [2.45, 2.75) is 13.3 Å². The first kappa shape index (κ1) is 13.0. The van der Waals surface area contributed by atoms with Gasteiger partial charge in [-0.15, -0.1) is 0 Å². The van der Waals surface area contributed by atoms with E-state index in [0.717, 1.165) is 12.2 Å². The first-order chi connectivity index (χ1) is 7.77. The molecule has 0 heterocycles. The molecule has 0 aliphatic carbocycles. The highest BCUT2D eigenvalue weighted by Crippen LogP contribution is 2.20. The Balaban J connectivity index is 2.60. The molecule has 0 saturated carbocycles. The molecule has 0 aromatic heterocycles. The van der Waals surface area contributed by atoms with Crippen LogP contribution in [0.15, 0.2) is 24.3 Å². The quantitative estimate of drug-likeness (QED) is 0.717. The summed E-state index contributed by atoms with van der Waals surface area (Å²) in [5.74, 6) is 1.42. The van der Waals surface area contributed by atoms with Crippen LogP contribution < -0.4 is 10.5 Å². The molecule has 90 valence electrons. The highest BCUT2D eigenvalue weighted by atomic mass is 16.5. The molecule has 0 spiro atoms. The largest absolute Gasteiger partial charge is 0.491 e. The Hall–Kier alpha value is -1.06. The Labute approximate surface area is 97.6 Å². The second-order valence-corrected chi connectivity index (χ2v) is 3.99. The fourth-order valence-electron chi connectivity index (χ4n) is 1.51. The van der Waals surface area contributed by atoms with Gasteiger partial charge in [-0.2, -0.15) is 0 Å². The van der Waals surface area contributed by atoms with E-state index in [2.05, 4.69) is 13.0 Å². The van der Waals surface area contributed by atoms with Gasteiger partial charge < -0.3 is 15.2 Å². The number of hydrogen-bond donors (Lipinski definition) is 1. The molecule has 2 N–H and O–H groups in total. The van der Waals surface area contributed by atoms with Crippen molar-refractivity contribution in [3.05, 3.63) is 29.8 Å². The molecule has 16 heavy (non-hydrogen) atoms. The Morgan fingerprint density at radius 3 is 2.69 bits per heavy atom. The van der Waals surface area contributed by atoms with Crippen LogP contribution in [0.5, 0.6) is 5.75 Å². The molecule has 0 aliphatic rings. The second kappa shape index (κ2) is 7.25. The minimum absolute atomic E-state index is 0.479. The molecule has 1 rings (SSSR count). The number of rotatable bonds is 7. The Morgan fingerprint density at radius 2 is 2.00 bits per heavy atom. The summed E-state index contributed by atoms with van der Waals surface area (Å²) in [6.07, 6.45) is 0.958. The fraction of sp³-hybridized carbons (Fsp3) is 0.538. The first-order valence-corrected chi connectivity index (χ1v) is 5.67. The molecule has 0 amide bonds. The molecule has 1 aromatic rings. The van der Waals surface area contributed by atoms with Gasteiger partial charge in [-0.05, 0) is 30.5 Å². The third-order valence-electron chi connectivity index (χ3n) is 2.49. The van der Waals surface area contributed by atoms with Crippen molar-refractivity contribution in [1.29, 1.82) is 0 Å². The smallest absolute Gasteiger partial charge is 0.122 e. The summed E-state index contributed by atoms with van der Waals surface area (Å²) in [6.45, 7) is 4.05. The molecule has 0 saturated heterocycles. The van der Waals surface area contributed by atoms with Crippen molar-refractivity contribution < 1.29 is 9.47 Å². The number of benzene rings is 1. The van der Waals surface area contributed by atoms with E-state index in [9.17, 15) is 0 Å². The number of ether oxygens (including phenoxy) is 2. The minimum atomic E-state index is 0.479. The van der Waals surface area contributed by atoms with Gasteiger partial charge in [0.2, 0.25) is 0 Å². The van der Waals surface area contributed by atoms with Crippen LogP contribution in [0.3, 0.4) is 0 Å². The van der Waals surface area contributed by atoms with Gasteiger partial charge in [0.15, 0.2) is 0 Å². The minimum Gasteiger partial charge on any atom is -0.491 e. The molecule has 0 aliphatic heterocycles. The Morgan fingerprint density at radius 1 is 1.25 bits per heavy atom. The lowest BCUT2D eigenvalue weighted by Crippen LogP contribution is -2.14. The van der Waals surface area contributed by atoms with Gasteiger partial charge in [0.1, 0.15) is 12.4 Å². The van der Waals surface area contributed by atoms with E-state index in [0.29, 0.717) is 25.7 Å². The van der Waals surface area contributed by atoms with Gasteiger partial charge in [0.25, 0.3) is 0 Å². The van der Waals surface area contributed by atoms with Crippen LogP contribution in [0.4, 0.5) is 0 Å². The molecule has 3 nitrogen and oxygen atoms in total. The van der Waals surface area contributed by atoms with E-state index >= 15 is 0 Å². The van der Waals surface area contributed by atoms with E-state index in [4.69, 9.17) is 15.2 Å². The zero-order valence-corrected chi connectivity index (χ0v) is 10.1. The lowest BCUT2D eigenvalue weighted by molar-refractivity contribution is 0.145. The monoisotopic (exact) mass is 223 g/mol. The maximum atomic E-state index is 5.66. The van der Waals surface area contributed by atoms with Crippen LogP contribution in [0.1, 0.15) is 12.5 Å². The summed E-state index contributed by atoms with van der Waals surface area (Å²) in [5, 5.41) is 0. The van der Waals surface area contributed by atoms with Crippen LogP contribution >= 0.6 is 0 Å². The molecule has 0 radical (unpaired) electrons. The normalized spacial score (nSPS) is 12.4. The van der Waals surface area contributed by atoms with Gasteiger partial charge in [-0.1, -0.05) is 25.1 Å². The molecule has 1 aromatic carbocycles. The zero-order valence-electron chi connectivity index (χ0n) is 10.1. The molecule has 1 atom stereocenters. The summed E-state index contributed by atoms with van der Waals surface area (Å²) in [6, 6.07) is 8.10. The van der Waals surface area contributed by atoms with Crippen molar-refractivity contribution in [3.8, 4) is 5.75 Å². The van der Waals surface area contributed by atoms with Gasteiger partial charge in [0, 0.05) is 7.11 Å². The summed E-state index contributed by atoms with van der Waals surface area (Å²) < 4.78 is 10.6. The Kier molecular flexibility index (Phi) is 5.90. The summed E-state index contributed by atoms with van der Waals surface area (Å²) in [5.41, 5.74) is 6.85. The predicted molar refractivity (Wildman–Crippen MR) is 65.7 cm³/mol. The third-order valence-corrected chi connectivity index (χ3v) is 2.49. The average molecular weight is 223 g/mol. The van der Waals surface area contributed by atoms with Crippen LogP contribution in [-0.2, 0) is 11.2 Å². The van der Waals surface area contributed by atoms with E-state index in [1.54, 1.807) is 7.11 Å². The first-order valence-electron chi connectivity index (χ1n) is 5.67. The number of nitrogens with two attached hydrogens (primary N) is 1. The number of hydrogen-bond acceptors (Lipinski definition) is 3. The lowest BCUT2D eigenvalue weighted by Gasteiger charge is -2.13. The summed E-state index contributed by atoms with van der Waals surface area (Å²) >= 11 is 0. The molecule has 1 unspecified atom stereocenters. The lowest BCUT2D eigenvalue weighted by atomic mass is 10.0. The molecular weight excluding hydrogens is 202 g/mol. The van der Waals surface area contributed by atoms with Gasteiger partial charge >= 0.3 is 0 Å². The maximum absolute atomic E-state index is 5.66. The second-order valence-electron chi connectivity index (χ2n) is 3.99. The number of para-hydroxylation sites is 1. The summed E-state index contributed by atoms with van der Waals surface area (Å²) in [7, 11) is 1.67. The van der Waals surface area contributed by atoms with Gasteiger partial charge in [-0.25, -0.2) is 0 Å². The third kappa shape index (κ3) is 4.21. The summed E-state index contributed by atoms with van der Waals surface area (Å²) in [4.78, 5) is 0. The fourth-order valence-corrected chi connectivity index (χ4v) is 1.51. The highest BCUT2D eigenvalue weighted by Gasteiger charge is 2.06. The average Bonchev–Trinajstić information content (AvgIpc) is 2.31. The van der Waals surface area contributed by atoms with Crippen molar-refractivity contribution in [3.63, 3.8) is 0 Å². The van der Waals surface area contributed by atoms with Crippen molar-refractivity contribution in [1.82, 2.24) is 0 Å². The molecule has 0 bridgehead atoms. The van der Waals surface area contributed by atoms with Crippen LogP contribution in [0.25, 0.3) is 0 Å². The topological polar surface area (TPSA) is 44.5 Å². The molecule has 3 heteroatoms. The SMILES string of the molecule is COCCOc1ccccc1CC(C)CN. The maximum Gasteiger partial charge on any atom is 0.122 e. The van der Waals surface area contributed by atoms with E-state index in [-0.39, 0.29) is 0 Å². The zero-order chi connectivity index (χ0) is 11.8. The molecular formula is C13H21NO2. The van der Waals surface area contributed by atoms with Crippen molar-refractivity contribution in [2.75, 3.05) is 26.9 Å². The van der Waals surface area contributed by atoms with Crippen LogP contribution in [-0.4, -0.2) is 26.9 Å². The number of methoxy groups -OCH3 is 1. The Bertz CT molecular complexity index is 302.